The number of esters is 1. The van der Waals surface area contributed by atoms with E-state index in [1.54, 1.807) is 18.7 Å². The van der Waals surface area contributed by atoms with Gasteiger partial charge < -0.3 is 10.5 Å². The second kappa shape index (κ2) is 6.35. The minimum atomic E-state index is -0.279. The van der Waals surface area contributed by atoms with Gasteiger partial charge in [0.25, 0.3) is 0 Å². The van der Waals surface area contributed by atoms with Crippen molar-refractivity contribution in [1.82, 2.24) is 0 Å². The maximum Gasteiger partial charge on any atom is 0.333 e. The van der Waals surface area contributed by atoms with Crippen LogP contribution in [0, 0.1) is 6.92 Å². The highest BCUT2D eigenvalue weighted by Crippen LogP contribution is 2.22. The van der Waals surface area contributed by atoms with Gasteiger partial charge in [0, 0.05) is 21.9 Å². The molecule has 0 radical (unpaired) electrons. The Kier molecular flexibility index (Phi) is 5.10. The Labute approximate surface area is 106 Å². The van der Waals surface area contributed by atoms with Crippen LogP contribution in [0.4, 0.5) is 5.69 Å². The molecule has 0 atom stereocenters. The zero-order valence-corrected chi connectivity index (χ0v) is 11.1. The van der Waals surface area contributed by atoms with Crippen LogP contribution in [0.5, 0.6) is 0 Å². The molecular weight excluding hydrogens is 234 g/mol. The number of rotatable bonds is 4. The Morgan fingerprint density at radius 2 is 2.24 bits per heavy atom. The lowest BCUT2D eigenvalue weighted by atomic mass is 10.2. The number of carbonyl (C=O) groups is 1. The maximum atomic E-state index is 11.1. The Bertz CT molecular complexity index is 441. The fourth-order valence-electron chi connectivity index (χ4n) is 1.25. The van der Waals surface area contributed by atoms with Crippen molar-refractivity contribution in [2.75, 3.05) is 18.6 Å². The number of anilines is 1. The molecule has 0 saturated heterocycles. The first-order valence-corrected chi connectivity index (χ1v) is 6.27. The van der Waals surface area contributed by atoms with E-state index in [-0.39, 0.29) is 5.97 Å². The molecule has 0 saturated carbocycles. The maximum absolute atomic E-state index is 11.1. The summed E-state index contributed by atoms with van der Waals surface area (Å²) >= 11 is 1.66. The van der Waals surface area contributed by atoms with Crippen LogP contribution in [-0.2, 0) is 9.53 Å². The molecule has 1 rings (SSSR count). The largest absolute Gasteiger partial charge is 0.466 e. The van der Waals surface area contributed by atoms with Gasteiger partial charge in [0.15, 0.2) is 0 Å². The average molecular weight is 251 g/mol. The molecule has 2 N–H and O–H groups in total. The first-order chi connectivity index (χ1) is 8.04. The number of hydrogen-bond donors (Lipinski definition) is 1. The number of benzene rings is 1. The van der Waals surface area contributed by atoms with Crippen LogP contribution in [0.2, 0.25) is 0 Å². The number of nitrogens with two attached hydrogens (primary N) is 1. The lowest BCUT2D eigenvalue weighted by molar-refractivity contribution is -0.136. The molecule has 3 nitrogen and oxygen atoms in total. The monoisotopic (exact) mass is 251 g/mol. The molecular formula is C13H17NO2S. The third-order valence-corrected chi connectivity index (χ3v) is 3.31. The second-order valence-corrected chi connectivity index (χ2v) is 4.80. The van der Waals surface area contributed by atoms with Gasteiger partial charge in [-0.15, -0.1) is 11.8 Å². The summed E-state index contributed by atoms with van der Waals surface area (Å²) in [7, 11) is 1.39. The van der Waals surface area contributed by atoms with Crippen molar-refractivity contribution in [1.29, 1.82) is 0 Å². The van der Waals surface area contributed by atoms with E-state index in [1.807, 2.05) is 31.2 Å². The van der Waals surface area contributed by atoms with Gasteiger partial charge in [0.1, 0.15) is 0 Å². The topological polar surface area (TPSA) is 52.3 Å². The summed E-state index contributed by atoms with van der Waals surface area (Å²) in [6, 6.07) is 5.92. The summed E-state index contributed by atoms with van der Waals surface area (Å²) in [5.74, 6) is 0.462. The summed E-state index contributed by atoms with van der Waals surface area (Å²) in [6.07, 6.45) is 1.86. The van der Waals surface area contributed by atoms with Crippen molar-refractivity contribution in [2.24, 2.45) is 0 Å². The molecule has 4 heteroatoms. The summed E-state index contributed by atoms with van der Waals surface area (Å²) in [5, 5.41) is 0. The molecule has 0 aromatic heterocycles. The lowest BCUT2D eigenvalue weighted by Gasteiger charge is -2.03. The van der Waals surface area contributed by atoms with E-state index < -0.39 is 0 Å². The molecule has 0 fully saturated rings. The molecule has 0 bridgehead atoms. The van der Waals surface area contributed by atoms with Gasteiger partial charge in [0.2, 0.25) is 0 Å². The number of carbonyl (C=O) groups excluding carboxylic acids is 1. The van der Waals surface area contributed by atoms with Gasteiger partial charge >= 0.3 is 5.97 Å². The van der Waals surface area contributed by atoms with Crippen molar-refractivity contribution in [3.63, 3.8) is 0 Å². The van der Waals surface area contributed by atoms with E-state index in [0.29, 0.717) is 5.57 Å². The number of methoxy groups -OCH3 is 1. The standard InChI is InChI=1S/C13H17NO2S/c1-9(13(15)16-3)6-7-17-11-4-5-12(14)10(2)8-11/h4-6,8H,7,14H2,1-3H3. The summed E-state index contributed by atoms with van der Waals surface area (Å²) < 4.78 is 4.62. The van der Waals surface area contributed by atoms with E-state index in [4.69, 9.17) is 5.73 Å². The Morgan fingerprint density at radius 3 is 2.82 bits per heavy atom. The summed E-state index contributed by atoms with van der Waals surface area (Å²) in [5.41, 5.74) is 8.25. The SMILES string of the molecule is COC(=O)C(C)=CCSc1ccc(N)c(C)c1. The molecule has 17 heavy (non-hydrogen) atoms. The molecule has 1 aromatic rings. The van der Waals surface area contributed by atoms with E-state index in [2.05, 4.69) is 4.74 Å². The van der Waals surface area contributed by atoms with Crippen molar-refractivity contribution in [2.45, 2.75) is 18.7 Å². The van der Waals surface area contributed by atoms with Gasteiger partial charge in [-0.25, -0.2) is 4.79 Å². The highest BCUT2D eigenvalue weighted by atomic mass is 32.2. The van der Waals surface area contributed by atoms with Crippen LogP contribution in [0.15, 0.2) is 34.7 Å². The minimum Gasteiger partial charge on any atom is -0.466 e. The van der Waals surface area contributed by atoms with Gasteiger partial charge in [-0.05, 0) is 37.6 Å². The fraction of sp³-hybridized carbons (Fsp3) is 0.308. The molecule has 0 unspecified atom stereocenters. The van der Waals surface area contributed by atoms with Crippen molar-refractivity contribution >= 4 is 23.4 Å². The Balaban J connectivity index is 2.56. The predicted octanol–water partition coefficient (Wildman–Crippen LogP) is 2.79. The highest BCUT2D eigenvalue weighted by molar-refractivity contribution is 7.99. The molecule has 0 heterocycles. The predicted molar refractivity (Wildman–Crippen MR) is 72.1 cm³/mol. The van der Waals surface area contributed by atoms with Crippen LogP contribution in [0.25, 0.3) is 0 Å². The number of ether oxygens (including phenoxy) is 1. The van der Waals surface area contributed by atoms with Gasteiger partial charge in [-0.3, -0.25) is 0 Å². The molecule has 0 aliphatic heterocycles. The Morgan fingerprint density at radius 1 is 1.53 bits per heavy atom. The molecule has 92 valence electrons. The minimum absolute atomic E-state index is 0.279. The quantitative estimate of drug-likeness (QED) is 0.387. The van der Waals surface area contributed by atoms with E-state index in [9.17, 15) is 4.79 Å². The van der Waals surface area contributed by atoms with E-state index in [1.165, 1.54) is 7.11 Å². The lowest BCUT2D eigenvalue weighted by Crippen LogP contribution is -2.01. The molecule has 0 aliphatic rings. The fourth-order valence-corrected chi connectivity index (χ4v) is 2.20. The zero-order valence-electron chi connectivity index (χ0n) is 10.3. The van der Waals surface area contributed by atoms with Crippen LogP contribution < -0.4 is 5.73 Å². The summed E-state index contributed by atoms with van der Waals surface area (Å²) in [6.45, 7) is 3.73. The number of hydrogen-bond acceptors (Lipinski definition) is 4. The highest BCUT2D eigenvalue weighted by Gasteiger charge is 2.02. The third-order valence-electron chi connectivity index (χ3n) is 2.39. The summed E-state index contributed by atoms with van der Waals surface area (Å²) in [4.78, 5) is 12.3. The van der Waals surface area contributed by atoms with Gasteiger partial charge in [0.05, 0.1) is 7.11 Å². The number of nitrogen functional groups attached to an aromatic ring is 1. The Hall–Kier alpha value is -1.42. The first-order valence-electron chi connectivity index (χ1n) is 5.28. The molecule has 0 aliphatic carbocycles. The van der Waals surface area contributed by atoms with Crippen LogP contribution in [0.3, 0.4) is 0 Å². The van der Waals surface area contributed by atoms with Crippen LogP contribution in [-0.4, -0.2) is 18.8 Å². The molecule has 1 aromatic carbocycles. The first kappa shape index (κ1) is 13.6. The molecule has 0 amide bonds. The van der Waals surface area contributed by atoms with Crippen molar-refractivity contribution in [3.05, 3.63) is 35.4 Å². The van der Waals surface area contributed by atoms with Crippen LogP contribution >= 0.6 is 11.8 Å². The van der Waals surface area contributed by atoms with Crippen molar-refractivity contribution < 1.29 is 9.53 Å². The zero-order chi connectivity index (χ0) is 12.8. The second-order valence-electron chi connectivity index (χ2n) is 3.71. The normalized spacial score (nSPS) is 11.4. The van der Waals surface area contributed by atoms with Gasteiger partial charge in [-0.1, -0.05) is 6.08 Å². The van der Waals surface area contributed by atoms with Gasteiger partial charge in [-0.2, -0.15) is 0 Å². The van der Waals surface area contributed by atoms with E-state index >= 15 is 0 Å². The average Bonchev–Trinajstić information content (AvgIpc) is 2.32. The van der Waals surface area contributed by atoms with E-state index in [0.717, 1.165) is 21.9 Å². The number of aryl methyl sites for hydroxylation is 1. The van der Waals surface area contributed by atoms with Crippen molar-refractivity contribution in [3.8, 4) is 0 Å². The third kappa shape index (κ3) is 4.15. The van der Waals surface area contributed by atoms with Crippen LogP contribution in [0.1, 0.15) is 12.5 Å². The smallest absolute Gasteiger partial charge is 0.333 e. The number of thioether (sulfide) groups is 1. The molecule has 0 spiro atoms.